The summed E-state index contributed by atoms with van der Waals surface area (Å²) >= 11 is 5.96. The van der Waals surface area contributed by atoms with Crippen molar-refractivity contribution in [1.29, 1.82) is 0 Å². The number of aryl methyl sites for hydroxylation is 1. The number of rotatable bonds is 4. The van der Waals surface area contributed by atoms with Crippen LogP contribution in [0.5, 0.6) is 0 Å². The van der Waals surface area contributed by atoms with Crippen LogP contribution in [-0.4, -0.2) is 19.8 Å². The van der Waals surface area contributed by atoms with E-state index >= 15 is 0 Å². The van der Waals surface area contributed by atoms with Gasteiger partial charge in [-0.15, -0.1) is 11.6 Å². The first-order valence-electron chi connectivity index (χ1n) is 6.14. The van der Waals surface area contributed by atoms with Crippen LogP contribution in [0.3, 0.4) is 0 Å². The predicted octanol–water partition coefficient (Wildman–Crippen LogP) is 2.82. The van der Waals surface area contributed by atoms with Gasteiger partial charge in [0, 0.05) is 11.4 Å². The standard InChI is InChI=1S/C13H18ClNO2S/c1-11-5-4-6-12(9-11)18(16,17)15-13(10-14)7-2-3-8-13/h4-6,9,15H,2-3,7-8,10H2,1H3. The lowest BCUT2D eigenvalue weighted by atomic mass is 10.0. The number of hydrogen-bond acceptors (Lipinski definition) is 2. The molecule has 0 unspecified atom stereocenters. The maximum absolute atomic E-state index is 12.3. The van der Waals surface area contributed by atoms with Crippen molar-refractivity contribution in [3.63, 3.8) is 0 Å². The van der Waals surface area contributed by atoms with Gasteiger partial charge in [-0.25, -0.2) is 13.1 Å². The summed E-state index contributed by atoms with van der Waals surface area (Å²) in [6.45, 7) is 1.88. The second kappa shape index (κ2) is 5.19. The van der Waals surface area contributed by atoms with E-state index in [1.807, 2.05) is 13.0 Å². The van der Waals surface area contributed by atoms with Crippen LogP contribution in [0.15, 0.2) is 29.2 Å². The fourth-order valence-electron chi connectivity index (χ4n) is 2.44. The summed E-state index contributed by atoms with van der Waals surface area (Å²) in [5, 5.41) is 0. The zero-order valence-corrected chi connectivity index (χ0v) is 12.0. The Kier molecular flexibility index (Phi) is 3.99. The van der Waals surface area contributed by atoms with Crippen molar-refractivity contribution in [2.45, 2.75) is 43.0 Å². The highest BCUT2D eigenvalue weighted by atomic mass is 35.5. The van der Waals surface area contributed by atoms with Crippen molar-refractivity contribution >= 4 is 21.6 Å². The molecule has 0 atom stereocenters. The first kappa shape index (κ1) is 13.8. The van der Waals surface area contributed by atoms with E-state index in [2.05, 4.69) is 4.72 Å². The minimum Gasteiger partial charge on any atom is -0.207 e. The molecule has 0 bridgehead atoms. The van der Waals surface area contributed by atoms with Crippen LogP contribution in [0, 0.1) is 6.92 Å². The second-order valence-corrected chi connectivity index (χ2v) is 6.99. The number of benzene rings is 1. The molecule has 5 heteroatoms. The summed E-state index contributed by atoms with van der Waals surface area (Å²) in [7, 11) is -3.47. The summed E-state index contributed by atoms with van der Waals surface area (Å²) < 4.78 is 27.5. The number of halogens is 1. The SMILES string of the molecule is Cc1cccc(S(=O)(=O)NC2(CCl)CCCC2)c1. The van der Waals surface area contributed by atoms with Crippen LogP contribution in [0.2, 0.25) is 0 Å². The number of alkyl halides is 1. The highest BCUT2D eigenvalue weighted by Crippen LogP contribution is 2.32. The maximum atomic E-state index is 12.3. The molecule has 3 nitrogen and oxygen atoms in total. The van der Waals surface area contributed by atoms with Crippen molar-refractivity contribution in [1.82, 2.24) is 4.72 Å². The highest BCUT2D eigenvalue weighted by Gasteiger charge is 2.37. The third-order valence-electron chi connectivity index (χ3n) is 3.47. The lowest BCUT2D eigenvalue weighted by Gasteiger charge is -2.27. The topological polar surface area (TPSA) is 46.2 Å². The molecular weight excluding hydrogens is 270 g/mol. The summed E-state index contributed by atoms with van der Waals surface area (Å²) in [5.41, 5.74) is 0.480. The number of sulfonamides is 1. The van der Waals surface area contributed by atoms with Gasteiger partial charge in [0.05, 0.1) is 4.90 Å². The van der Waals surface area contributed by atoms with Gasteiger partial charge >= 0.3 is 0 Å². The molecule has 1 fully saturated rings. The number of nitrogens with one attached hydrogen (secondary N) is 1. The van der Waals surface area contributed by atoms with E-state index in [0.717, 1.165) is 31.2 Å². The van der Waals surface area contributed by atoms with Crippen LogP contribution in [0.25, 0.3) is 0 Å². The Morgan fingerprint density at radius 2 is 2.00 bits per heavy atom. The fourth-order valence-corrected chi connectivity index (χ4v) is 4.42. The van der Waals surface area contributed by atoms with E-state index in [-0.39, 0.29) is 0 Å². The third-order valence-corrected chi connectivity index (χ3v) is 5.56. The fraction of sp³-hybridized carbons (Fsp3) is 0.538. The van der Waals surface area contributed by atoms with Gasteiger partial charge < -0.3 is 0 Å². The van der Waals surface area contributed by atoms with Crippen molar-refractivity contribution in [2.24, 2.45) is 0 Å². The Morgan fingerprint density at radius 3 is 2.56 bits per heavy atom. The first-order valence-corrected chi connectivity index (χ1v) is 8.16. The van der Waals surface area contributed by atoms with Gasteiger partial charge in [0.15, 0.2) is 0 Å². The van der Waals surface area contributed by atoms with Crippen LogP contribution in [0.4, 0.5) is 0 Å². The Morgan fingerprint density at radius 1 is 1.33 bits per heavy atom. The molecule has 0 aliphatic heterocycles. The molecule has 0 heterocycles. The summed E-state index contributed by atoms with van der Waals surface area (Å²) in [4.78, 5) is 0.318. The molecule has 18 heavy (non-hydrogen) atoms. The summed E-state index contributed by atoms with van der Waals surface area (Å²) in [6.07, 6.45) is 3.70. The molecule has 0 spiro atoms. The van der Waals surface area contributed by atoms with Gasteiger partial charge in [-0.1, -0.05) is 25.0 Å². The smallest absolute Gasteiger partial charge is 0.207 e. The Bertz CT molecular complexity index is 522. The van der Waals surface area contributed by atoms with Gasteiger partial charge in [0.2, 0.25) is 10.0 Å². The molecule has 2 rings (SSSR count). The quantitative estimate of drug-likeness (QED) is 0.866. The average molecular weight is 288 g/mol. The molecule has 1 aromatic rings. The van der Waals surface area contributed by atoms with E-state index in [4.69, 9.17) is 11.6 Å². The van der Waals surface area contributed by atoms with E-state index in [1.54, 1.807) is 18.2 Å². The molecule has 1 aliphatic carbocycles. The summed E-state index contributed by atoms with van der Waals surface area (Å²) in [6, 6.07) is 6.93. The molecule has 1 saturated carbocycles. The van der Waals surface area contributed by atoms with E-state index in [1.165, 1.54) is 0 Å². The number of hydrogen-bond donors (Lipinski definition) is 1. The van der Waals surface area contributed by atoms with Gasteiger partial charge in [0.1, 0.15) is 0 Å². The first-order chi connectivity index (χ1) is 8.47. The molecule has 0 amide bonds. The van der Waals surface area contributed by atoms with Gasteiger partial charge in [-0.2, -0.15) is 0 Å². The van der Waals surface area contributed by atoms with Gasteiger partial charge in [0.25, 0.3) is 0 Å². The third kappa shape index (κ3) is 2.87. The Hall–Kier alpha value is -0.580. The largest absolute Gasteiger partial charge is 0.241 e. The molecule has 1 N–H and O–H groups in total. The molecule has 0 radical (unpaired) electrons. The minimum absolute atomic E-state index is 0.318. The molecule has 0 saturated heterocycles. The lowest BCUT2D eigenvalue weighted by molar-refractivity contribution is 0.433. The van der Waals surface area contributed by atoms with Crippen molar-refractivity contribution in [3.05, 3.63) is 29.8 Å². The van der Waals surface area contributed by atoms with E-state index < -0.39 is 15.6 Å². The van der Waals surface area contributed by atoms with E-state index in [0.29, 0.717) is 10.8 Å². The second-order valence-electron chi connectivity index (χ2n) is 5.04. The van der Waals surface area contributed by atoms with Crippen LogP contribution >= 0.6 is 11.6 Å². The molecule has 1 aliphatic rings. The predicted molar refractivity (Wildman–Crippen MR) is 73.4 cm³/mol. The Balaban J connectivity index is 2.27. The van der Waals surface area contributed by atoms with Crippen LogP contribution in [-0.2, 0) is 10.0 Å². The average Bonchev–Trinajstić information content (AvgIpc) is 2.77. The zero-order valence-electron chi connectivity index (χ0n) is 10.4. The highest BCUT2D eigenvalue weighted by molar-refractivity contribution is 7.89. The molecule has 0 aromatic heterocycles. The van der Waals surface area contributed by atoms with Crippen molar-refractivity contribution in [3.8, 4) is 0 Å². The van der Waals surface area contributed by atoms with Gasteiger partial charge in [-0.3, -0.25) is 0 Å². The normalized spacial score (nSPS) is 19.0. The zero-order chi connectivity index (χ0) is 13.2. The van der Waals surface area contributed by atoms with Crippen molar-refractivity contribution < 1.29 is 8.42 Å². The molecule has 1 aromatic carbocycles. The van der Waals surface area contributed by atoms with Gasteiger partial charge in [-0.05, 0) is 37.5 Å². The monoisotopic (exact) mass is 287 g/mol. The lowest BCUT2D eigenvalue weighted by Crippen LogP contribution is -2.47. The van der Waals surface area contributed by atoms with Crippen molar-refractivity contribution in [2.75, 3.05) is 5.88 Å². The molecule has 100 valence electrons. The maximum Gasteiger partial charge on any atom is 0.241 e. The van der Waals surface area contributed by atoms with Crippen LogP contribution in [0.1, 0.15) is 31.2 Å². The molecular formula is C13H18ClNO2S. The minimum atomic E-state index is -3.47. The Labute approximate surface area is 114 Å². The van der Waals surface area contributed by atoms with E-state index in [9.17, 15) is 8.42 Å². The summed E-state index contributed by atoms with van der Waals surface area (Å²) in [5.74, 6) is 0.331. The van der Waals surface area contributed by atoms with Crippen LogP contribution < -0.4 is 4.72 Å².